The lowest BCUT2D eigenvalue weighted by molar-refractivity contribution is -0.117. The minimum atomic E-state index is -0.649. The fraction of sp³-hybridized carbons (Fsp3) is 0.0556. The van der Waals surface area contributed by atoms with Crippen molar-refractivity contribution in [3.8, 4) is 0 Å². The van der Waals surface area contributed by atoms with Crippen molar-refractivity contribution in [1.29, 1.82) is 0 Å². The summed E-state index contributed by atoms with van der Waals surface area (Å²) >= 11 is 0. The Morgan fingerprint density at radius 1 is 1.08 bits per heavy atom. The molecule has 0 unspecified atom stereocenters. The van der Waals surface area contributed by atoms with Crippen LogP contribution in [-0.4, -0.2) is 24.3 Å². The van der Waals surface area contributed by atoms with Crippen molar-refractivity contribution in [2.75, 3.05) is 11.9 Å². The molecule has 2 rings (SSSR count). The second-order valence-electron chi connectivity index (χ2n) is 5.10. The van der Waals surface area contributed by atoms with Gasteiger partial charge in [-0.3, -0.25) is 14.4 Å². The molecule has 3 amide bonds. The van der Waals surface area contributed by atoms with E-state index in [1.807, 2.05) is 0 Å². The summed E-state index contributed by atoms with van der Waals surface area (Å²) in [6.07, 6.45) is 2.84. The van der Waals surface area contributed by atoms with Gasteiger partial charge in [-0.2, -0.15) is 0 Å². The molecule has 128 valence electrons. The molecule has 2 aromatic carbocycles. The quantitative estimate of drug-likeness (QED) is 0.697. The number of halogens is 1. The Morgan fingerprint density at radius 2 is 1.80 bits per heavy atom. The first-order valence-corrected chi connectivity index (χ1v) is 7.35. The smallest absolute Gasteiger partial charge is 0.251 e. The molecule has 25 heavy (non-hydrogen) atoms. The molecule has 0 saturated heterocycles. The number of amides is 3. The van der Waals surface area contributed by atoms with E-state index in [0.717, 1.165) is 0 Å². The van der Waals surface area contributed by atoms with Gasteiger partial charge >= 0.3 is 0 Å². The molecule has 0 saturated carbocycles. The number of nitrogens with two attached hydrogens (primary N) is 1. The first-order chi connectivity index (χ1) is 11.9. The number of rotatable bonds is 6. The Balaban J connectivity index is 1.98. The molecule has 7 heteroatoms. The Hall–Kier alpha value is -3.48. The van der Waals surface area contributed by atoms with Gasteiger partial charge in [-0.05, 0) is 42.0 Å². The maximum absolute atomic E-state index is 12.8. The number of hydrogen-bond donors (Lipinski definition) is 3. The summed E-state index contributed by atoms with van der Waals surface area (Å²) in [7, 11) is 0. The molecule has 6 nitrogen and oxygen atoms in total. The van der Waals surface area contributed by atoms with Gasteiger partial charge < -0.3 is 16.4 Å². The molecular weight excluding hydrogens is 325 g/mol. The number of nitrogens with one attached hydrogen (secondary N) is 2. The van der Waals surface area contributed by atoms with Crippen LogP contribution >= 0.6 is 0 Å². The first kappa shape index (κ1) is 17.9. The van der Waals surface area contributed by atoms with Crippen LogP contribution in [0.1, 0.15) is 15.9 Å². The minimum Gasteiger partial charge on any atom is -0.368 e. The van der Waals surface area contributed by atoms with Crippen molar-refractivity contribution >= 4 is 29.5 Å². The predicted molar refractivity (Wildman–Crippen MR) is 92.0 cm³/mol. The zero-order valence-corrected chi connectivity index (χ0v) is 13.2. The SMILES string of the molecule is NC(=O)CNC(=O)c1cccc(NC(=O)/C=C/c2ccc(F)cc2)c1. The van der Waals surface area contributed by atoms with Crippen molar-refractivity contribution in [2.45, 2.75) is 0 Å². The van der Waals surface area contributed by atoms with Gasteiger partial charge in [0, 0.05) is 17.3 Å². The molecule has 0 bridgehead atoms. The summed E-state index contributed by atoms with van der Waals surface area (Å²) in [6, 6.07) is 11.9. The van der Waals surface area contributed by atoms with Gasteiger partial charge in [-0.25, -0.2) is 4.39 Å². The maximum atomic E-state index is 12.8. The van der Waals surface area contributed by atoms with Crippen LogP contribution in [0.15, 0.2) is 54.6 Å². The molecular formula is C18H16FN3O3. The molecule has 0 aliphatic rings. The van der Waals surface area contributed by atoms with E-state index < -0.39 is 17.7 Å². The Bertz CT molecular complexity index is 817. The highest BCUT2D eigenvalue weighted by Gasteiger charge is 2.07. The standard InChI is InChI=1S/C18H16FN3O3/c19-14-7-4-12(5-8-14)6-9-17(24)22-15-3-1-2-13(10-15)18(25)21-11-16(20)23/h1-10H,11H2,(H2,20,23)(H,21,25)(H,22,24)/b9-6+. The molecule has 0 spiro atoms. The van der Waals surface area contributed by atoms with E-state index in [2.05, 4.69) is 10.6 Å². The van der Waals surface area contributed by atoms with Gasteiger partial charge in [0.15, 0.2) is 0 Å². The number of carbonyl (C=O) groups excluding carboxylic acids is 3. The van der Waals surface area contributed by atoms with Gasteiger partial charge in [0.1, 0.15) is 5.82 Å². The molecule has 0 fully saturated rings. The van der Waals surface area contributed by atoms with Gasteiger partial charge in [-0.1, -0.05) is 18.2 Å². The summed E-state index contributed by atoms with van der Waals surface area (Å²) in [5, 5.41) is 4.97. The fourth-order valence-corrected chi connectivity index (χ4v) is 1.94. The van der Waals surface area contributed by atoms with Crippen molar-refractivity contribution in [3.63, 3.8) is 0 Å². The van der Waals surface area contributed by atoms with Crippen LogP contribution in [0.2, 0.25) is 0 Å². The van der Waals surface area contributed by atoms with E-state index >= 15 is 0 Å². The number of carbonyl (C=O) groups is 3. The maximum Gasteiger partial charge on any atom is 0.251 e. The monoisotopic (exact) mass is 341 g/mol. The minimum absolute atomic E-state index is 0.268. The molecule has 0 radical (unpaired) electrons. The van der Waals surface area contributed by atoms with Gasteiger partial charge in [0.25, 0.3) is 5.91 Å². The van der Waals surface area contributed by atoms with Crippen LogP contribution in [0.3, 0.4) is 0 Å². The van der Waals surface area contributed by atoms with E-state index in [1.165, 1.54) is 30.4 Å². The highest BCUT2D eigenvalue weighted by molar-refractivity contribution is 6.03. The van der Waals surface area contributed by atoms with Crippen LogP contribution in [0.25, 0.3) is 6.08 Å². The normalized spacial score (nSPS) is 10.4. The lowest BCUT2D eigenvalue weighted by Gasteiger charge is -2.06. The lowest BCUT2D eigenvalue weighted by atomic mass is 10.2. The highest BCUT2D eigenvalue weighted by atomic mass is 19.1. The fourth-order valence-electron chi connectivity index (χ4n) is 1.94. The van der Waals surface area contributed by atoms with E-state index in [1.54, 1.807) is 30.3 Å². The molecule has 0 aliphatic carbocycles. The molecule has 2 aromatic rings. The number of benzene rings is 2. The second kappa shape index (κ2) is 8.39. The molecule has 0 atom stereocenters. The second-order valence-corrected chi connectivity index (χ2v) is 5.10. The Morgan fingerprint density at radius 3 is 2.48 bits per heavy atom. The van der Waals surface area contributed by atoms with Crippen LogP contribution < -0.4 is 16.4 Å². The Labute approximate surface area is 143 Å². The zero-order chi connectivity index (χ0) is 18.2. The van der Waals surface area contributed by atoms with Crippen molar-refractivity contribution < 1.29 is 18.8 Å². The topological polar surface area (TPSA) is 101 Å². The van der Waals surface area contributed by atoms with Crippen molar-refractivity contribution in [3.05, 3.63) is 71.6 Å². The van der Waals surface area contributed by atoms with Crippen LogP contribution in [0, 0.1) is 5.82 Å². The van der Waals surface area contributed by atoms with Crippen LogP contribution in [-0.2, 0) is 9.59 Å². The molecule has 0 heterocycles. The first-order valence-electron chi connectivity index (χ1n) is 7.35. The van der Waals surface area contributed by atoms with E-state index in [0.29, 0.717) is 11.3 Å². The van der Waals surface area contributed by atoms with Gasteiger partial charge in [-0.15, -0.1) is 0 Å². The molecule has 0 aromatic heterocycles. The summed E-state index contributed by atoms with van der Waals surface area (Å²) in [5.74, 6) is -1.88. The molecule has 0 aliphatic heterocycles. The summed E-state index contributed by atoms with van der Waals surface area (Å²) in [5.41, 5.74) is 6.34. The van der Waals surface area contributed by atoms with E-state index in [4.69, 9.17) is 5.73 Å². The summed E-state index contributed by atoms with van der Waals surface area (Å²) in [4.78, 5) is 34.4. The highest BCUT2D eigenvalue weighted by Crippen LogP contribution is 2.11. The van der Waals surface area contributed by atoms with E-state index in [9.17, 15) is 18.8 Å². The number of primary amides is 1. The Kier molecular flexibility index (Phi) is 6.00. The predicted octanol–water partition coefficient (Wildman–Crippen LogP) is 1.69. The van der Waals surface area contributed by atoms with Crippen molar-refractivity contribution in [1.82, 2.24) is 5.32 Å². The van der Waals surface area contributed by atoms with Gasteiger partial charge in [0.05, 0.1) is 6.54 Å². The van der Waals surface area contributed by atoms with Crippen LogP contribution in [0.5, 0.6) is 0 Å². The third-order valence-electron chi connectivity index (χ3n) is 3.11. The van der Waals surface area contributed by atoms with Crippen LogP contribution in [0.4, 0.5) is 10.1 Å². The van der Waals surface area contributed by atoms with Crippen molar-refractivity contribution in [2.24, 2.45) is 5.73 Å². The molecule has 4 N–H and O–H groups in total. The van der Waals surface area contributed by atoms with E-state index in [-0.39, 0.29) is 17.9 Å². The third-order valence-corrected chi connectivity index (χ3v) is 3.11. The lowest BCUT2D eigenvalue weighted by Crippen LogP contribution is -2.33. The number of hydrogen-bond acceptors (Lipinski definition) is 3. The largest absolute Gasteiger partial charge is 0.368 e. The summed E-state index contributed by atoms with van der Waals surface area (Å²) in [6.45, 7) is -0.268. The number of anilines is 1. The average molecular weight is 341 g/mol. The average Bonchev–Trinajstić information content (AvgIpc) is 2.59. The zero-order valence-electron chi connectivity index (χ0n) is 13.2. The summed E-state index contributed by atoms with van der Waals surface area (Å²) < 4.78 is 12.8. The van der Waals surface area contributed by atoms with Gasteiger partial charge in [0.2, 0.25) is 11.8 Å². The third kappa shape index (κ3) is 5.91.